The third-order valence-corrected chi connectivity index (χ3v) is 2.87. The van der Waals surface area contributed by atoms with Crippen molar-refractivity contribution in [3.05, 3.63) is 28.0 Å². The average Bonchev–Trinajstić information content (AvgIpc) is 2.28. The first-order chi connectivity index (χ1) is 8.30. The lowest BCUT2D eigenvalue weighted by molar-refractivity contribution is -0.150. The molecule has 0 saturated heterocycles. The van der Waals surface area contributed by atoms with Crippen molar-refractivity contribution in [1.29, 1.82) is 0 Å². The number of hydrogen-bond acceptors (Lipinski definition) is 4. The Morgan fingerprint density at radius 2 is 2.00 bits per heavy atom. The highest BCUT2D eigenvalue weighted by atomic mass is 35.5. The first-order valence-electron chi connectivity index (χ1n) is 5.33. The maximum Gasteiger partial charge on any atom is 0.319 e. The van der Waals surface area contributed by atoms with Gasteiger partial charge in [-0.3, -0.25) is 9.59 Å². The third-order valence-electron chi connectivity index (χ3n) is 2.38. The Kier molecular flexibility index (Phi) is 4.71. The molecule has 0 spiro atoms. The number of esters is 1. The molecule has 1 aromatic heterocycles. The van der Waals surface area contributed by atoms with Gasteiger partial charge in [0.05, 0.1) is 16.7 Å². The van der Waals surface area contributed by atoms with E-state index in [1.54, 1.807) is 6.92 Å². The van der Waals surface area contributed by atoms with Gasteiger partial charge in [-0.05, 0) is 26.8 Å². The van der Waals surface area contributed by atoms with Crippen LogP contribution < -0.4 is 0 Å². The molecule has 0 aliphatic carbocycles. The number of Topliss-reactive ketones (excluding diaryl/α,β-unsaturated/α-hetero) is 1. The molecule has 98 valence electrons. The van der Waals surface area contributed by atoms with Crippen LogP contribution >= 0.6 is 23.2 Å². The Bertz CT molecular complexity index is 486. The molecule has 0 atom stereocenters. The quantitative estimate of drug-likeness (QED) is 0.485. The van der Waals surface area contributed by atoms with E-state index in [9.17, 15) is 9.59 Å². The second-order valence-electron chi connectivity index (χ2n) is 4.16. The predicted octanol–water partition coefficient (Wildman–Crippen LogP) is 3.16. The summed E-state index contributed by atoms with van der Waals surface area (Å²) in [6, 6.07) is 1.41. The van der Waals surface area contributed by atoms with Gasteiger partial charge in [0, 0.05) is 6.20 Å². The van der Waals surface area contributed by atoms with Crippen LogP contribution in [0.1, 0.15) is 31.3 Å². The highest BCUT2D eigenvalue weighted by Crippen LogP contribution is 2.27. The van der Waals surface area contributed by atoms with Gasteiger partial charge in [-0.25, -0.2) is 4.98 Å². The minimum atomic E-state index is -1.33. The van der Waals surface area contributed by atoms with Crippen LogP contribution in [0.15, 0.2) is 12.3 Å². The smallest absolute Gasteiger partial charge is 0.319 e. The summed E-state index contributed by atoms with van der Waals surface area (Å²) in [6.07, 6.45) is 1.31. The molecule has 0 aliphatic rings. The molecule has 4 nitrogen and oxygen atoms in total. The number of carbonyl (C=O) groups excluding carboxylic acids is 2. The summed E-state index contributed by atoms with van der Waals surface area (Å²) < 4.78 is 4.86. The van der Waals surface area contributed by atoms with Gasteiger partial charge < -0.3 is 4.74 Å². The minimum Gasteiger partial charge on any atom is -0.465 e. The second-order valence-corrected chi connectivity index (χ2v) is 5.00. The fourth-order valence-electron chi connectivity index (χ4n) is 1.28. The van der Waals surface area contributed by atoms with E-state index >= 15 is 0 Å². The summed E-state index contributed by atoms with van der Waals surface area (Å²) in [7, 11) is 0. The highest BCUT2D eigenvalue weighted by Gasteiger charge is 2.39. The fourth-order valence-corrected chi connectivity index (χ4v) is 1.75. The molecule has 1 rings (SSSR count). The SMILES string of the molecule is CCOC(=O)C(C)(C)C(=O)c1ncc(Cl)cc1Cl. The van der Waals surface area contributed by atoms with Gasteiger partial charge in [-0.15, -0.1) is 0 Å². The van der Waals surface area contributed by atoms with E-state index in [1.165, 1.54) is 26.1 Å². The van der Waals surface area contributed by atoms with Crippen LogP contribution in [-0.4, -0.2) is 23.3 Å². The average molecular weight is 290 g/mol. The molecule has 0 aromatic carbocycles. The second kappa shape index (κ2) is 5.67. The van der Waals surface area contributed by atoms with E-state index in [1.807, 2.05) is 0 Å². The number of ether oxygens (including phenoxy) is 1. The van der Waals surface area contributed by atoms with Crippen molar-refractivity contribution in [2.24, 2.45) is 5.41 Å². The van der Waals surface area contributed by atoms with Crippen molar-refractivity contribution in [2.75, 3.05) is 6.61 Å². The normalized spacial score (nSPS) is 11.2. The number of ketones is 1. The summed E-state index contributed by atoms with van der Waals surface area (Å²) in [4.78, 5) is 27.8. The molecule has 0 bridgehead atoms. The topological polar surface area (TPSA) is 56.3 Å². The molecule has 1 heterocycles. The molecular weight excluding hydrogens is 277 g/mol. The van der Waals surface area contributed by atoms with Crippen LogP contribution in [0, 0.1) is 5.41 Å². The van der Waals surface area contributed by atoms with Crippen LogP contribution in [0.2, 0.25) is 10.0 Å². The van der Waals surface area contributed by atoms with Crippen LogP contribution in [0.5, 0.6) is 0 Å². The zero-order chi connectivity index (χ0) is 13.9. The molecule has 0 amide bonds. The lowest BCUT2D eigenvalue weighted by Gasteiger charge is -2.20. The van der Waals surface area contributed by atoms with Gasteiger partial charge in [0.2, 0.25) is 0 Å². The van der Waals surface area contributed by atoms with Crippen molar-refractivity contribution in [3.8, 4) is 0 Å². The minimum absolute atomic E-state index is 0.0131. The third kappa shape index (κ3) is 3.00. The van der Waals surface area contributed by atoms with Crippen LogP contribution in [0.25, 0.3) is 0 Å². The molecule has 18 heavy (non-hydrogen) atoms. The fraction of sp³-hybridized carbons (Fsp3) is 0.417. The Labute approximate surface area is 115 Å². The van der Waals surface area contributed by atoms with Crippen molar-refractivity contribution < 1.29 is 14.3 Å². The molecule has 0 N–H and O–H groups in total. The molecule has 6 heteroatoms. The number of aromatic nitrogens is 1. The van der Waals surface area contributed by atoms with Crippen molar-refractivity contribution in [1.82, 2.24) is 4.98 Å². The summed E-state index contributed by atoms with van der Waals surface area (Å²) in [5.41, 5.74) is -1.32. The Morgan fingerprint density at radius 1 is 1.39 bits per heavy atom. The number of halogens is 2. The Hall–Kier alpha value is -1.13. The van der Waals surface area contributed by atoms with Crippen LogP contribution in [0.4, 0.5) is 0 Å². The van der Waals surface area contributed by atoms with Crippen molar-refractivity contribution >= 4 is 35.0 Å². The van der Waals surface area contributed by atoms with E-state index < -0.39 is 17.2 Å². The number of nitrogens with zero attached hydrogens (tertiary/aromatic N) is 1. The molecule has 0 unspecified atom stereocenters. The number of hydrogen-bond donors (Lipinski definition) is 0. The lowest BCUT2D eigenvalue weighted by Crippen LogP contribution is -2.35. The highest BCUT2D eigenvalue weighted by molar-refractivity contribution is 6.37. The molecule has 0 saturated carbocycles. The van der Waals surface area contributed by atoms with Gasteiger partial charge in [0.25, 0.3) is 0 Å². The summed E-state index contributed by atoms with van der Waals surface area (Å²) in [5, 5.41) is 0.440. The molecular formula is C12H13Cl2NO3. The maximum atomic E-state index is 12.2. The molecule has 0 radical (unpaired) electrons. The molecule has 0 aliphatic heterocycles. The van der Waals surface area contributed by atoms with E-state index in [0.29, 0.717) is 5.02 Å². The van der Waals surface area contributed by atoms with Gasteiger partial charge in [-0.2, -0.15) is 0 Å². The summed E-state index contributed by atoms with van der Waals surface area (Å²) >= 11 is 11.6. The predicted molar refractivity (Wildman–Crippen MR) is 69.0 cm³/mol. The van der Waals surface area contributed by atoms with Gasteiger partial charge in [0.15, 0.2) is 5.78 Å². The van der Waals surface area contributed by atoms with Gasteiger partial charge in [0.1, 0.15) is 11.1 Å². The van der Waals surface area contributed by atoms with E-state index in [-0.39, 0.29) is 17.3 Å². The monoisotopic (exact) mass is 289 g/mol. The molecule has 0 fully saturated rings. The summed E-state index contributed by atoms with van der Waals surface area (Å²) in [5.74, 6) is -1.11. The van der Waals surface area contributed by atoms with Gasteiger partial charge >= 0.3 is 5.97 Å². The van der Waals surface area contributed by atoms with Crippen molar-refractivity contribution in [3.63, 3.8) is 0 Å². The van der Waals surface area contributed by atoms with E-state index in [4.69, 9.17) is 27.9 Å². The number of rotatable bonds is 4. The number of pyridine rings is 1. The standard InChI is InChI=1S/C12H13Cl2NO3/c1-4-18-11(17)12(2,3)10(16)9-8(14)5-7(13)6-15-9/h5-6H,4H2,1-3H3. The zero-order valence-electron chi connectivity index (χ0n) is 10.3. The van der Waals surface area contributed by atoms with Crippen LogP contribution in [-0.2, 0) is 9.53 Å². The lowest BCUT2D eigenvalue weighted by atomic mass is 9.86. The molecule has 1 aromatic rings. The van der Waals surface area contributed by atoms with Gasteiger partial charge in [-0.1, -0.05) is 23.2 Å². The maximum absolute atomic E-state index is 12.2. The van der Waals surface area contributed by atoms with E-state index in [2.05, 4.69) is 4.98 Å². The van der Waals surface area contributed by atoms with E-state index in [0.717, 1.165) is 0 Å². The first-order valence-corrected chi connectivity index (χ1v) is 6.09. The Morgan fingerprint density at radius 3 is 2.50 bits per heavy atom. The largest absolute Gasteiger partial charge is 0.465 e. The van der Waals surface area contributed by atoms with Crippen LogP contribution in [0.3, 0.4) is 0 Å². The number of carbonyl (C=O) groups is 2. The summed E-state index contributed by atoms with van der Waals surface area (Å²) in [6.45, 7) is 4.82. The Balaban J connectivity index is 3.09. The van der Waals surface area contributed by atoms with Crippen molar-refractivity contribution in [2.45, 2.75) is 20.8 Å². The zero-order valence-corrected chi connectivity index (χ0v) is 11.8. The first kappa shape index (κ1) is 14.9.